The van der Waals surface area contributed by atoms with Crippen molar-refractivity contribution in [2.45, 2.75) is 26.2 Å². The lowest BCUT2D eigenvalue weighted by Crippen LogP contribution is -2.25. The molecule has 0 N–H and O–H groups in total. The normalized spacial score (nSPS) is 21.1. The van der Waals surface area contributed by atoms with Gasteiger partial charge in [-0.25, -0.2) is 4.39 Å². The van der Waals surface area contributed by atoms with Crippen molar-refractivity contribution in [2.75, 3.05) is 18.0 Å². The molecule has 1 atom stereocenters. The SMILES string of the molecule is CC1CCCN(c2ccc(C=O)cc2F)CC1. The molecule has 92 valence electrons. The fraction of sp³-hybridized carbons (Fsp3) is 0.500. The molecular weight excluding hydrogens is 217 g/mol. The zero-order chi connectivity index (χ0) is 12.3. The Morgan fingerprint density at radius 2 is 2.18 bits per heavy atom. The lowest BCUT2D eigenvalue weighted by atomic mass is 10.0. The number of nitrogens with zero attached hydrogens (tertiary/aromatic N) is 1. The Kier molecular flexibility index (Phi) is 3.77. The van der Waals surface area contributed by atoms with Gasteiger partial charge in [0.2, 0.25) is 0 Å². The molecule has 2 nitrogen and oxygen atoms in total. The highest BCUT2D eigenvalue weighted by atomic mass is 19.1. The number of carbonyl (C=O) groups is 1. The second-order valence-corrected chi connectivity index (χ2v) is 4.85. The number of halogens is 1. The van der Waals surface area contributed by atoms with Crippen molar-refractivity contribution in [1.82, 2.24) is 0 Å². The smallest absolute Gasteiger partial charge is 0.150 e. The minimum atomic E-state index is -0.288. The molecule has 1 unspecified atom stereocenters. The molecule has 1 aliphatic heterocycles. The molecule has 1 fully saturated rings. The van der Waals surface area contributed by atoms with E-state index in [1.54, 1.807) is 12.1 Å². The minimum absolute atomic E-state index is 0.288. The van der Waals surface area contributed by atoms with E-state index >= 15 is 0 Å². The van der Waals surface area contributed by atoms with Gasteiger partial charge < -0.3 is 4.90 Å². The molecule has 1 saturated heterocycles. The molecule has 3 heteroatoms. The molecule has 1 aromatic carbocycles. The van der Waals surface area contributed by atoms with Gasteiger partial charge >= 0.3 is 0 Å². The van der Waals surface area contributed by atoms with Gasteiger partial charge in [0, 0.05) is 18.7 Å². The van der Waals surface area contributed by atoms with Gasteiger partial charge in [0.25, 0.3) is 0 Å². The van der Waals surface area contributed by atoms with Crippen LogP contribution in [0, 0.1) is 11.7 Å². The van der Waals surface area contributed by atoms with E-state index in [-0.39, 0.29) is 5.82 Å². The molecule has 0 aromatic heterocycles. The number of hydrogen-bond acceptors (Lipinski definition) is 2. The van der Waals surface area contributed by atoms with Crippen LogP contribution >= 0.6 is 0 Å². The minimum Gasteiger partial charge on any atom is -0.369 e. The molecule has 0 aliphatic carbocycles. The average molecular weight is 235 g/mol. The summed E-state index contributed by atoms with van der Waals surface area (Å²) in [6.07, 6.45) is 4.10. The van der Waals surface area contributed by atoms with E-state index in [4.69, 9.17) is 0 Å². The maximum atomic E-state index is 13.9. The standard InChI is InChI=1S/C14H18FNO/c1-11-3-2-7-16(8-6-11)14-5-4-12(10-17)9-13(14)15/h4-5,9-11H,2-3,6-8H2,1H3. The first-order valence-corrected chi connectivity index (χ1v) is 6.20. The number of benzene rings is 1. The maximum absolute atomic E-state index is 13.9. The molecule has 0 saturated carbocycles. The Bertz CT molecular complexity index is 405. The molecule has 0 radical (unpaired) electrons. The number of hydrogen-bond donors (Lipinski definition) is 0. The van der Waals surface area contributed by atoms with E-state index in [1.165, 1.54) is 12.5 Å². The summed E-state index contributed by atoms with van der Waals surface area (Å²) in [4.78, 5) is 12.7. The fourth-order valence-electron chi connectivity index (χ4n) is 2.36. The van der Waals surface area contributed by atoms with Crippen LogP contribution in [0.25, 0.3) is 0 Å². The van der Waals surface area contributed by atoms with Crippen molar-refractivity contribution in [3.63, 3.8) is 0 Å². The Morgan fingerprint density at radius 3 is 2.88 bits per heavy atom. The van der Waals surface area contributed by atoms with Crippen molar-refractivity contribution < 1.29 is 9.18 Å². The van der Waals surface area contributed by atoms with Crippen LogP contribution in [0.2, 0.25) is 0 Å². The topological polar surface area (TPSA) is 20.3 Å². The molecule has 1 aliphatic rings. The molecule has 0 spiro atoms. The van der Waals surface area contributed by atoms with Crippen molar-refractivity contribution in [1.29, 1.82) is 0 Å². The van der Waals surface area contributed by atoms with Gasteiger partial charge in [-0.15, -0.1) is 0 Å². The first-order valence-electron chi connectivity index (χ1n) is 6.20. The summed E-state index contributed by atoms with van der Waals surface area (Å²) in [5.74, 6) is 0.432. The molecule has 2 rings (SSSR count). The number of rotatable bonds is 2. The van der Waals surface area contributed by atoms with E-state index in [9.17, 15) is 9.18 Å². The fourth-order valence-corrected chi connectivity index (χ4v) is 2.36. The van der Waals surface area contributed by atoms with Crippen molar-refractivity contribution in [3.05, 3.63) is 29.6 Å². The van der Waals surface area contributed by atoms with Crippen molar-refractivity contribution >= 4 is 12.0 Å². The molecular formula is C14H18FNO. The zero-order valence-electron chi connectivity index (χ0n) is 10.2. The van der Waals surface area contributed by atoms with Crippen LogP contribution in [0.3, 0.4) is 0 Å². The molecule has 0 bridgehead atoms. The zero-order valence-corrected chi connectivity index (χ0v) is 10.2. The summed E-state index contributed by atoms with van der Waals surface area (Å²) in [5.41, 5.74) is 1.03. The Balaban J connectivity index is 2.18. The largest absolute Gasteiger partial charge is 0.369 e. The summed E-state index contributed by atoms with van der Waals surface area (Å²) in [6, 6.07) is 4.71. The quantitative estimate of drug-likeness (QED) is 0.733. The lowest BCUT2D eigenvalue weighted by molar-refractivity contribution is 0.112. The maximum Gasteiger partial charge on any atom is 0.150 e. The average Bonchev–Trinajstić information content (AvgIpc) is 2.54. The van der Waals surface area contributed by atoms with E-state index in [0.717, 1.165) is 31.8 Å². The molecule has 1 aromatic rings. The molecule has 1 heterocycles. The third kappa shape index (κ3) is 2.84. The summed E-state index contributed by atoms with van der Waals surface area (Å²) in [6.45, 7) is 4.05. The highest BCUT2D eigenvalue weighted by molar-refractivity contribution is 5.76. The van der Waals surface area contributed by atoms with E-state index < -0.39 is 0 Å². The van der Waals surface area contributed by atoms with Crippen LogP contribution in [0.4, 0.5) is 10.1 Å². The van der Waals surface area contributed by atoms with Crippen LogP contribution < -0.4 is 4.90 Å². The van der Waals surface area contributed by atoms with Crippen LogP contribution in [0.1, 0.15) is 36.5 Å². The van der Waals surface area contributed by atoms with Gasteiger partial charge in [-0.05, 0) is 43.4 Å². The first-order chi connectivity index (χ1) is 8.20. The van der Waals surface area contributed by atoms with E-state index in [0.29, 0.717) is 17.5 Å². The van der Waals surface area contributed by atoms with Gasteiger partial charge in [0.15, 0.2) is 0 Å². The van der Waals surface area contributed by atoms with E-state index in [2.05, 4.69) is 11.8 Å². The van der Waals surface area contributed by atoms with Crippen molar-refractivity contribution in [3.8, 4) is 0 Å². The van der Waals surface area contributed by atoms with Gasteiger partial charge in [0.05, 0.1) is 5.69 Å². The Morgan fingerprint density at radius 1 is 1.35 bits per heavy atom. The second kappa shape index (κ2) is 5.30. The highest BCUT2D eigenvalue weighted by Gasteiger charge is 2.16. The summed E-state index contributed by atoms with van der Waals surface area (Å²) < 4.78 is 13.9. The number of carbonyl (C=O) groups excluding carboxylic acids is 1. The highest BCUT2D eigenvalue weighted by Crippen LogP contribution is 2.25. The predicted octanol–water partition coefficient (Wildman–Crippen LogP) is 3.26. The lowest BCUT2D eigenvalue weighted by Gasteiger charge is -2.23. The predicted molar refractivity (Wildman–Crippen MR) is 67.0 cm³/mol. The van der Waals surface area contributed by atoms with Crippen LogP contribution in [0.5, 0.6) is 0 Å². The third-order valence-electron chi connectivity index (χ3n) is 3.47. The second-order valence-electron chi connectivity index (χ2n) is 4.85. The van der Waals surface area contributed by atoms with Crippen LogP contribution in [0.15, 0.2) is 18.2 Å². The summed E-state index contributed by atoms with van der Waals surface area (Å²) in [5, 5.41) is 0. The van der Waals surface area contributed by atoms with E-state index in [1.807, 2.05) is 0 Å². The number of aldehydes is 1. The van der Waals surface area contributed by atoms with Gasteiger partial charge in [-0.1, -0.05) is 6.92 Å². The Labute approximate surface area is 101 Å². The van der Waals surface area contributed by atoms with Gasteiger partial charge in [0.1, 0.15) is 12.1 Å². The first kappa shape index (κ1) is 12.1. The van der Waals surface area contributed by atoms with Gasteiger partial charge in [-0.2, -0.15) is 0 Å². The Hall–Kier alpha value is -1.38. The van der Waals surface area contributed by atoms with Gasteiger partial charge in [-0.3, -0.25) is 4.79 Å². The van der Waals surface area contributed by atoms with Crippen LogP contribution in [-0.2, 0) is 0 Å². The summed E-state index contributed by atoms with van der Waals surface area (Å²) >= 11 is 0. The monoisotopic (exact) mass is 235 g/mol. The number of anilines is 1. The van der Waals surface area contributed by atoms with Crippen molar-refractivity contribution in [2.24, 2.45) is 5.92 Å². The molecule has 0 amide bonds. The third-order valence-corrected chi connectivity index (χ3v) is 3.47. The van der Waals surface area contributed by atoms with Crippen LogP contribution in [-0.4, -0.2) is 19.4 Å². The molecule has 17 heavy (non-hydrogen) atoms. The summed E-state index contributed by atoms with van der Waals surface area (Å²) in [7, 11) is 0.